The largest absolute Gasteiger partial charge is 0.307 e. The van der Waals surface area contributed by atoms with Crippen molar-refractivity contribution >= 4 is 23.5 Å². The number of H-pyrrole nitrogens is 1. The first-order valence-corrected chi connectivity index (χ1v) is 7.72. The Kier molecular flexibility index (Phi) is 4.14. The second-order valence-electron chi connectivity index (χ2n) is 3.96. The first-order valence-electron chi connectivity index (χ1n) is 5.63. The maximum atomic E-state index is 13.2. The SMILES string of the molecule is CCC1SCCSC1c1nc(C)c(F)c(=O)[nH]1. The van der Waals surface area contributed by atoms with Crippen LogP contribution in [0.3, 0.4) is 0 Å². The summed E-state index contributed by atoms with van der Waals surface area (Å²) in [4.78, 5) is 18.2. The molecule has 2 heterocycles. The summed E-state index contributed by atoms with van der Waals surface area (Å²) in [5.41, 5.74) is -0.465. The van der Waals surface area contributed by atoms with E-state index in [-0.39, 0.29) is 10.9 Å². The molecule has 1 fully saturated rings. The zero-order valence-corrected chi connectivity index (χ0v) is 11.5. The molecule has 1 aromatic rings. The monoisotopic (exact) mass is 274 g/mol. The van der Waals surface area contributed by atoms with E-state index in [4.69, 9.17) is 0 Å². The number of halogens is 1. The van der Waals surface area contributed by atoms with Crippen LogP contribution in [0.15, 0.2) is 4.79 Å². The fourth-order valence-electron chi connectivity index (χ4n) is 1.88. The third-order valence-electron chi connectivity index (χ3n) is 2.77. The molecule has 1 saturated heterocycles. The Balaban J connectivity index is 2.35. The predicted molar refractivity (Wildman–Crippen MR) is 71.3 cm³/mol. The molecule has 0 radical (unpaired) electrons. The lowest BCUT2D eigenvalue weighted by molar-refractivity contribution is 0.578. The van der Waals surface area contributed by atoms with Gasteiger partial charge in [0.25, 0.3) is 5.56 Å². The minimum atomic E-state index is -0.768. The fraction of sp³-hybridized carbons (Fsp3) is 0.636. The minimum Gasteiger partial charge on any atom is -0.307 e. The molecule has 17 heavy (non-hydrogen) atoms. The lowest BCUT2D eigenvalue weighted by Gasteiger charge is -2.29. The van der Waals surface area contributed by atoms with E-state index in [0.29, 0.717) is 11.1 Å². The number of nitrogens with zero attached hydrogens (tertiary/aromatic N) is 1. The Morgan fingerprint density at radius 3 is 2.82 bits per heavy atom. The van der Waals surface area contributed by atoms with Crippen LogP contribution in [0.2, 0.25) is 0 Å². The van der Waals surface area contributed by atoms with Gasteiger partial charge in [-0.15, -0.1) is 11.8 Å². The van der Waals surface area contributed by atoms with Gasteiger partial charge in [0.05, 0.1) is 10.9 Å². The van der Waals surface area contributed by atoms with Gasteiger partial charge in [0.2, 0.25) is 5.82 Å². The van der Waals surface area contributed by atoms with E-state index < -0.39 is 11.4 Å². The van der Waals surface area contributed by atoms with Gasteiger partial charge in [-0.05, 0) is 13.3 Å². The van der Waals surface area contributed by atoms with Crippen molar-refractivity contribution < 1.29 is 4.39 Å². The Bertz CT molecular complexity index is 463. The van der Waals surface area contributed by atoms with Crippen molar-refractivity contribution in [2.45, 2.75) is 30.8 Å². The highest BCUT2D eigenvalue weighted by Gasteiger charge is 2.28. The third kappa shape index (κ3) is 2.68. The second kappa shape index (κ2) is 5.44. The Hall–Kier alpha value is -0.490. The smallest absolute Gasteiger partial charge is 0.287 e. The highest BCUT2D eigenvalue weighted by atomic mass is 32.2. The van der Waals surface area contributed by atoms with Gasteiger partial charge in [-0.25, -0.2) is 4.98 Å². The van der Waals surface area contributed by atoms with Crippen molar-refractivity contribution in [3.63, 3.8) is 0 Å². The van der Waals surface area contributed by atoms with Gasteiger partial charge >= 0.3 is 0 Å². The van der Waals surface area contributed by atoms with Crippen LogP contribution in [0.25, 0.3) is 0 Å². The number of aromatic nitrogens is 2. The molecule has 3 nitrogen and oxygen atoms in total. The molecular weight excluding hydrogens is 259 g/mol. The van der Waals surface area contributed by atoms with Crippen LogP contribution < -0.4 is 5.56 Å². The third-order valence-corrected chi connectivity index (χ3v) is 6.02. The van der Waals surface area contributed by atoms with Crippen LogP contribution in [0.4, 0.5) is 4.39 Å². The van der Waals surface area contributed by atoms with Crippen molar-refractivity contribution in [1.82, 2.24) is 9.97 Å². The molecular formula is C11H15FN2OS2. The van der Waals surface area contributed by atoms with Gasteiger partial charge in [0.15, 0.2) is 0 Å². The highest BCUT2D eigenvalue weighted by molar-refractivity contribution is 8.06. The van der Waals surface area contributed by atoms with Crippen molar-refractivity contribution in [2.75, 3.05) is 11.5 Å². The predicted octanol–water partition coefficient (Wildman–Crippen LogP) is 2.52. The molecule has 0 aromatic carbocycles. The summed E-state index contributed by atoms with van der Waals surface area (Å²) in [6, 6.07) is 0. The van der Waals surface area contributed by atoms with Crippen LogP contribution in [0.1, 0.15) is 30.1 Å². The van der Waals surface area contributed by atoms with E-state index >= 15 is 0 Å². The first kappa shape index (κ1) is 13.0. The maximum absolute atomic E-state index is 13.2. The molecule has 94 valence electrons. The average molecular weight is 274 g/mol. The minimum absolute atomic E-state index is 0.172. The number of hydrogen-bond donors (Lipinski definition) is 1. The van der Waals surface area contributed by atoms with Gasteiger partial charge in [-0.1, -0.05) is 6.92 Å². The van der Waals surface area contributed by atoms with E-state index in [1.807, 2.05) is 11.8 Å². The molecule has 2 rings (SSSR count). The van der Waals surface area contributed by atoms with Crippen LogP contribution in [-0.2, 0) is 0 Å². The Labute approximate surface area is 108 Å². The molecule has 1 N–H and O–H groups in total. The first-order chi connectivity index (χ1) is 8.13. The summed E-state index contributed by atoms with van der Waals surface area (Å²) >= 11 is 3.70. The van der Waals surface area contributed by atoms with E-state index in [0.717, 1.165) is 17.9 Å². The van der Waals surface area contributed by atoms with Crippen LogP contribution in [-0.4, -0.2) is 26.7 Å². The van der Waals surface area contributed by atoms with Crippen LogP contribution >= 0.6 is 23.5 Å². The van der Waals surface area contributed by atoms with E-state index in [9.17, 15) is 9.18 Å². The molecule has 0 amide bonds. The lowest BCUT2D eigenvalue weighted by atomic mass is 10.2. The summed E-state index contributed by atoms with van der Waals surface area (Å²) < 4.78 is 13.2. The second-order valence-corrected chi connectivity index (χ2v) is 6.56. The summed E-state index contributed by atoms with van der Waals surface area (Å²) in [5, 5.41) is 0.618. The highest BCUT2D eigenvalue weighted by Crippen LogP contribution is 2.42. The lowest BCUT2D eigenvalue weighted by Crippen LogP contribution is -2.25. The van der Waals surface area contributed by atoms with Gasteiger partial charge in [0.1, 0.15) is 5.82 Å². The van der Waals surface area contributed by atoms with Crippen LogP contribution in [0.5, 0.6) is 0 Å². The van der Waals surface area contributed by atoms with E-state index in [2.05, 4.69) is 16.9 Å². The molecule has 2 unspecified atom stereocenters. The molecule has 0 bridgehead atoms. The molecule has 1 aliphatic rings. The maximum Gasteiger partial charge on any atom is 0.287 e. The van der Waals surface area contributed by atoms with Crippen LogP contribution in [0, 0.1) is 12.7 Å². The standard InChI is InChI=1S/C11H15FN2OS2/c1-3-7-9(17-5-4-16-7)10-13-6(2)8(12)11(15)14-10/h7,9H,3-5H2,1-2H3,(H,13,14,15). The quantitative estimate of drug-likeness (QED) is 0.900. The van der Waals surface area contributed by atoms with E-state index in [1.54, 1.807) is 11.8 Å². The van der Waals surface area contributed by atoms with Crippen molar-refractivity contribution in [3.05, 3.63) is 27.7 Å². The fourth-order valence-corrected chi connectivity index (χ4v) is 4.90. The number of rotatable bonds is 2. The summed E-state index contributed by atoms with van der Waals surface area (Å²) in [6.07, 6.45) is 1.03. The average Bonchev–Trinajstić information content (AvgIpc) is 2.35. The Morgan fingerprint density at radius 2 is 2.18 bits per heavy atom. The number of aromatic amines is 1. The zero-order valence-electron chi connectivity index (χ0n) is 9.83. The molecule has 0 spiro atoms. The molecule has 2 atom stereocenters. The van der Waals surface area contributed by atoms with Gasteiger partial charge in [-0.3, -0.25) is 4.79 Å². The summed E-state index contributed by atoms with van der Waals surface area (Å²) in [6.45, 7) is 3.67. The van der Waals surface area contributed by atoms with Gasteiger partial charge in [-0.2, -0.15) is 16.2 Å². The topological polar surface area (TPSA) is 45.8 Å². The van der Waals surface area contributed by atoms with Crippen molar-refractivity contribution in [1.29, 1.82) is 0 Å². The van der Waals surface area contributed by atoms with Crippen molar-refractivity contribution in [2.24, 2.45) is 0 Å². The molecule has 1 aliphatic heterocycles. The number of thioether (sulfide) groups is 2. The number of nitrogens with one attached hydrogen (secondary N) is 1. The van der Waals surface area contributed by atoms with Gasteiger partial charge in [0, 0.05) is 16.8 Å². The summed E-state index contributed by atoms with van der Waals surface area (Å²) in [7, 11) is 0. The molecule has 0 saturated carbocycles. The van der Waals surface area contributed by atoms with Crippen molar-refractivity contribution in [3.8, 4) is 0 Å². The number of aryl methyl sites for hydroxylation is 1. The zero-order chi connectivity index (χ0) is 12.4. The number of hydrogen-bond acceptors (Lipinski definition) is 4. The van der Waals surface area contributed by atoms with Gasteiger partial charge < -0.3 is 4.98 Å². The summed E-state index contributed by atoms with van der Waals surface area (Å²) in [5.74, 6) is 2.03. The Morgan fingerprint density at radius 1 is 1.47 bits per heavy atom. The van der Waals surface area contributed by atoms with E-state index in [1.165, 1.54) is 6.92 Å². The molecule has 1 aromatic heterocycles. The normalized spacial score (nSPS) is 24.9. The molecule has 0 aliphatic carbocycles. The molecule has 6 heteroatoms.